The van der Waals surface area contributed by atoms with E-state index in [9.17, 15) is 14.7 Å². The standard InChI is InChI=1S/C18H35NO3/c1-3-4-5-6-7-8-9-10-13-17(18(21)22)14-11-12-15-19-16(2)20/h17H,3-15H2,1-2H3,(H,19,20)(H,21,22)/p-1. The second-order valence-corrected chi connectivity index (χ2v) is 6.26. The van der Waals surface area contributed by atoms with Crippen LogP contribution < -0.4 is 10.4 Å². The van der Waals surface area contributed by atoms with Gasteiger partial charge in [-0.05, 0) is 25.2 Å². The van der Waals surface area contributed by atoms with Crippen LogP contribution in [-0.4, -0.2) is 18.4 Å². The van der Waals surface area contributed by atoms with Gasteiger partial charge < -0.3 is 15.2 Å². The van der Waals surface area contributed by atoms with Crippen molar-refractivity contribution in [3.63, 3.8) is 0 Å². The molecule has 0 fully saturated rings. The van der Waals surface area contributed by atoms with Crippen LogP contribution in [0.3, 0.4) is 0 Å². The largest absolute Gasteiger partial charge is 0.550 e. The molecule has 0 aromatic heterocycles. The molecule has 4 nitrogen and oxygen atoms in total. The highest BCUT2D eigenvalue weighted by Gasteiger charge is 2.09. The molecule has 0 bridgehead atoms. The van der Waals surface area contributed by atoms with Gasteiger partial charge in [0, 0.05) is 19.4 Å². The number of rotatable bonds is 15. The molecular formula is C18H34NO3-. The second-order valence-electron chi connectivity index (χ2n) is 6.26. The predicted molar refractivity (Wildman–Crippen MR) is 88.3 cm³/mol. The highest BCUT2D eigenvalue weighted by molar-refractivity contribution is 5.72. The van der Waals surface area contributed by atoms with Crippen LogP contribution in [0.15, 0.2) is 0 Å². The molecule has 0 aliphatic heterocycles. The Morgan fingerprint density at radius 1 is 0.864 bits per heavy atom. The van der Waals surface area contributed by atoms with Gasteiger partial charge in [-0.2, -0.15) is 0 Å². The summed E-state index contributed by atoms with van der Waals surface area (Å²) in [5.41, 5.74) is 0. The Labute approximate surface area is 136 Å². The third-order valence-electron chi connectivity index (χ3n) is 4.09. The monoisotopic (exact) mass is 312 g/mol. The number of aliphatic carboxylic acids is 1. The molecule has 0 saturated carbocycles. The van der Waals surface area contributed by atoms with Gasteiger partial charge in [-0.15, -0.1) is 0 Å². The van der Waals surface area contributed by atoms with Crippen molar-refractivity contribution in [3.05, 3.63) is 0 Å². The molecule has 0 heterocycles. The smallest absolute Gasteiger partial charge is 0.216 e. The highest BCUT2D eigenvalue weighted by Crippen LogP contribution is 2.17. The van der Waals surface area contributed by atoms with E-state index in [1.807, 2.05) is 0 Å². The fourth-order valence-electron chi connectivity index (χ4n) is 2.68. The lowest BCUT2D eigenvalue weighted by Gasteiger charge is -2.17. The van der Waals surface area contributed by atoms with E-state index in [0.29, 0.717) is 13.0 Å². The molecule has 0 radical (unpaired) electrons. The molecule has 1 amide bonds. The average molecular weight is 312 g/mol. The van der Waals surface area contributed by atoms with Crippen LogP contribution >= 0.6 is 0 Å². The molecule has 0 rings (SSSR count). The number of nitrogens with one attached hydrogen (secondary N) is 1. The zero-order valence-corrected chi connectivity index (χ0v) is 14.5. The minimum Gasteiger partial charge on any atom is -0.550 e. The van der Waals surface area contributed by atoms with Gasteiger partial charge in [-0.25, -0.2) is 0 Å². The number of carbonyl (C=O) groups is 2. The molecule has 4 heteroatoms. The third kappa shape index (κ3) is 13.9. The lowest BCUT2D eigenvalue weighted by atomic mass is 9.95. The maximum atomic E-state index is 11.1. The van der Waals surface area contributed by atoms with Crippen LogP contribution in [0, 0.1) is 5.92 Å². The topological polar surface area (TPSA) is 69.2 Å². The van der Waals surface area contributed by atoms with Crippen molar-refractivity contribution in [2.75, 3.05) is 6.54 Å². The Bertz CT molecular complexity index is 292. The molecule has 130 valence electrons. The van der Waals surface area contributed by atoms with Gasteiger partial charge in [0.05, 0.1) is 0 Å². The first-order valence-corrected chi connectivity index (χ1v) is 9.03. The summed E-state index contributed by atoms with van der Waals surface area (Å²) in [6.45, 7) is 4.34. The molecule has 0 spiro atoms. The molecule has 1 N–H and O–H groups in total. The zero-order valence-electron chi connectivity index (χ0n) is 14.5. The van der Waals surface area contributed by atoms with E-state index in [1.165, 1.54) is 45.4 Å². The lowest BCUT2D eigenvalue weighted by molar-refractivity contribution is -0.312. The summed E-state index contributed by atoms with van der Waals surface area (Å²) in [7, 11) is 0. The Balaban J connectivity index is 3.56. The minimum atomic E-state index is -0.914. The van der Waals surface area contributed by atoms with E-state index >= 15 is 0 Å². The van der Waals surface area contributed by atoms with E-state index in [1.54, 1.807) is 0 Å². The van der Waals surface area contributed by atoms with Crippen molar-refractivity contribution in [1.82, 2.24) is 5.32 Å². The fraction of sp³-hybridized carbons (Fsp3) is 0.889. The lowest BCUT2D eigenvalue weighted by Crippen LogP contribution is -2.31. The van der Waals surface area contributed by atoms with Crippen LogP contribution in [0.4, 0.5) is 0 Å². The van der Waals surface area contributed by atoms with E-state index < -0.39 is 5.97 Å². The van der Waals surface area contributed by atoms with Gasteiger partial charge in [-0.3, -0.25) is 4.79 Å². The maximum Gasteiger partial charge on any atom is 0.216 e. The SMILES string of the molecule is CCCCCCCCCCC(CCCCNC(C)=O)C(=O)[O-]. The molecule has 0 saturated heterocycles. The first-order valence-electron chi connectivity index (χ1n) is 9.03. The van der Waals surface area contributed by atoms with E-state index in [0.717, 1.165) is 32.1 Å². The number of unbranched alkanes of at least 4 members (excludes halogenated alkanes) is 8. The first kappa shape index (κ1) is 20.9. The molecule has 0 aliphatic carbocycles. The van der Waals surface area contributed by atoms with Crippen LogP contribution in [0.25, 0.3) is 0 Å². The fourth-order valence-corrected chi connectivity index (χ4v) is 2.68. The van der Waals surface area contributed by atoms with Gasteiger partial charge >= 0.3 is 0 Å². The minimum absolute atomic E-state index is 0.0320. The van der Waals surface area contributed by atoms with Crippen molar-refractivity contribution in [2.45, 2.75) is 90.9 Å². The predicted octanol–water partition coefficient (Wildman–Crippen LogP) is 3.19. The van der Waals surface area contributed by atoms with Crippen LogP contribution in [0.1, 0.15) is 90.9 Å². The molecular weight excluding hydrogens is 278 g/mol. The maximum absolute atomic E-state index is 11.1. The number of hydrogen-bond acceptors (Lipinski definition) is 3. The van der Waals surface area contributed by atoms with Crippen molar-refractivity contribution in [1.29, 1.82) is 0 Å². The summed E-state index contributed by atoms with van der Waals surface area (Å²) >= 11 is 0. The van der Waals surface area contributed by atoms with E-state index in [-0.39, 0.29) is 11.8 Å². The summed E-state index contributed by atoms with van der Waals surface area (Å²) in [5, 5.41) is 13.9. The zero-order chi connectivity index (χ0) is 16.6. The second kappa shape index (κ2) is 14.9. The summed E-state index contributed by atoms with van der Waals surface area (Å²) in [5.74, 6) is -1.27. The number of carboxylic acids is 1. The molecule has 1 atom stereocenters. The Kier molecular flexibility index (Phi) is 14.1. The van der Waals surface area contributed by atoms with Crippen LogP contribution in [0.2, 0.25) is 0 Å². The van der Waals surface area contributed by atoms with Gasteiger partial charge in [0.15, 0.2) is 0 Å². The van der Waals surface area contributed by atoms with Crippen molar-refractivity contribution in [2.24, 2.45) is 5.92 Å². The van der Waals surface area contributed by atoms with Gasteiger partial charge in [-0.1, -0.05) is 64.7 Å². The molecule has 0 aromatic rings. The molecule has 0 aromatic carbocycles. The quantitative estimate of drug-likeness (QED) is 0.472. The molecule has 0 aliphatic rings. The average Bonchev–Trinajstić information content (AvgIpc) is 2.46. The summed E-state index contributed by atoms with van der Waals surface area (Å²) < 4.78 is 0. The number of carbonyl (C=O) groups excluding carboxylic acids is 2. The Morgan fingerprint density at radius 3 is 1.86 bits per heavy atom. The normalized spacial score (nSPS) is 12.1. The molecule has 22 heavy (non-hydrogen) atoms. The first-order chi connectivity index (χ1) is 10.6. The van der Waals surface area contributed by atoms with Gasteiger partial charge in [0.25, 0.3) is 0 Å². The third-order valence-corrected chi connectivity index (χ3v) is 4.09. The van der Waals surface area contributed by atoms with Crippen molar-refractivity contribution < 1.29 is 14.7 Å². The van der Waals surface area contributed by atoms with Crippen LogP contribution in [-0.2, 0) is 9.59 Å². The highest BCUT2D eigenvalue weighted by atomic mass is 16.4. The van der Waals surface area contributed by atoms with E-state index in [2.05, 4.69) is 12.2 Å². The van der Waals surface area contributed by atoms with E-state index in [4.69, 9.17) is 0 Å². The summed E-state index contributed by atoms with van der Waals surface area (Å²) in [6.07, 6.45) is 12.9. The van der Waals surface area contributed by atoms with Crippen molar-refractivity contribution >= 4 is 11.9 Å². The number of amides is 1. The number of carboxylic acid groups (broad SMARTS) is 1. The molecule has 1 unspecified atom stereocenters. The summed E-state index contributed by atoms with van der Waals surface area (Å²) in [6, 6.07) is 0. The van der Waals surface area contributed by atoms with Crippen LogP contribution in [0.5, 0.6) is 0 Å². The Morgan fingerprint density at radius 2 is 1.36 bits per heavy atom. The van der Waals surface area contributed by atoms with Crippen molar-refractivity contribution in [3.8, 4) is 0 Å². The van der Waals surface area contributed by atoms with Gasteiger partial charge in [0.2, 0.25) is 5.91 Å². The Hall–Kier alpha value is -1.06. The summed E-state index contributed by atoms with van der Waals surface area (Å²) in [4.78, 5) is 21.8. The number of hydrogen-bond donors (Lipinski definition) is 1. The van der Waals surface area contributed by atoms with Gasteiger partial charge in [0.1, 0.15) is 0 Å².